The first-order valence-electron chi connectivity index (χ1n) is 13.0. The summed E-state index contributed by atoms with van der Waals surface area (Å²) in [6.07, 6.45) is 2.92. The van der Waals surface area contributed by atoms with Gasteiger partial charge in [0.15, 0.2) is 12.2 Å². The van der Waals surface area contributed by atoms with E-state index in [2.05, 4.69) is 11.6 Å². The molecule has 4 atom stereocenters. The number of nitrogens with zero attached hydrogens (tertiary/aromatic N) is 3. The van der Waals surface area contributed by atoms with Gasteiger partial charge in [0.2, 0.25) is 5.91 Å². The predicted octanol–water partition coefficient (Wildman–Crippen LogP) is 3.48. The number of methoxy groups -OCH3 is 1. The number of amides is 1. The Hall–Kier alpha value is -4.55. The van der Waals surface area contributed by atoms with Crippen molar-refractivity contribution in [1.29, 1.82) is 0 Å². The third-order valence-electron chi connectivity index (χ3n) is 6.80. The lowest BCUT2D eigenvalue weighted by Crippen LogP contribution is -2.50. The van der Waals surface area contributed by atoms with Crippen molar-refractivity contribution in [2.45, 2.75) is 51.5 Å². The number of aryl methyl sites for hydroxylation is 1. The minimum absolute atomic E-state index is 0.0744. The molecular formula is C30H34FN3O8. The lowest BCUT2D eigenvalue weighted by molar-refractivity contribution is -0.178. The molecule has 1 amide bonds. The molecule has 42 heavy (non-hydrogen) atoms. The number of carboxylic acids is 2. The molecule has 1 saturated heterocycles. The second-order valence-corrected chi connectivity index (χ2v) is 9.83. The first kappa shape index (κ1) is 32.0. The summed E-state index contributed by atoms with van der Waals surface area (Å²) in [7, 11) is 1.53. The molecule has 12 heteroatoms. The average molecular weight is 584 g/mol. The molecule has 0 spiro atoms. The van der Waals surface area contributed by atoms with E-state index in [9.17, 15) is 29.0 Å². The summed E-state index contributed by atoms with van der Waals surface area (Å²) in [6.45, 7) is 9.27. The van der Waals surface area contributed by atoms with Crippen molar-refractivity contribution in [2.75, 3.05) is 13.7 Å². The molecule has 2 aromatic rings. The minimum atomic E-state index is -2.32. The maximum Gasteiger partial charge on any atom is 0.336 e. The van der Waals surface area contributed by atoms with E-state index >= 15 is 0 Å². The molecule has 2 heterocycles. The molecule has 0 radical (unpaired) electrons. The van der Waals surface area contributed by atoms with Gasteiger partial charge in [-0.25, -0.2) is 19.0 Å². The monoisotopic (exact) mass is 583 g/mol. The molecule has 224 valence electrons. The number of carboxylic acid groups (broad SMARTS) is 2. The summed E-state index contributed by atoms with van der Waals surface area (Å²) in [4.78, 5) is 42.3. The second kappa shape index (κ2) is 13.9. The van der Waals surface area contributed by atoms with Crippen molar-refractivity contribution in [3.63, 3.8) is 0 Å². The summed E-state index contributed by atoms with van der Waals surface area (Å²) in [5.74, 6) is -3.66. The van der Waals surface area contributed by atoms with Crippen LogP contribution in [-0.4, -0.2) is 79.6 Å². The number of allylic oxidation sites excluding steroid dienone is 6. The Morgan fingerprint density at radius 1 is 1.19 bits per heavy atom. The molecule has 0 saturated carbocycles. The molecule has 11 nitrogen and oxygen atoms in total. The highest BCUT2D eigenvalue weighted by Crippen LogP contribution is 2.30. The van der Waals surface area contributed by atoms with Gasteiger partial charge in [0.1, 0.15) is 11.6 Å². The first-order chi connectivity index (χ1) is 19.8. The van der Waals surface area contributed by atoms with E-state index in [1.54, 1.807) is 36.9 Å². The fourth-order valence-electron chi connectivity index (χ4n) is 4.46. The maximum atomic E-state index is 13.6. The molecule has 3 rings (SSSR count). The van der Waals surface area contributed by atoms with Crippen molar-refractivity contribution in [3.8, 4) is 0 Å². The van der Waals surface area contributed by atoms with Crippen LogP contribution in [0.3, 0.4) is 0 Å². The zero-order valence-electron chi connectivity index (χ0n) is 23.7. The number of likely N-dealkylation sites (tertiary alicyclic amines) is 1. The molecule has 1 aromatic carbocycles. The van der Waals surface area contributed by atoms with Crippen molar-refractivity contribution < 1.29 is 43.6 Å². The van der Waals surface area contributed by atoms with Crippen LogP contribution in [0.15, 0.2) is 78.5 Å². The SMILES string of the molecule is C=C(/C=C\C(=C(/C)OC)n1cnc(C)c1)/C=C1\CC(O[C@@H](C(=O)O)[C@@H](O)C(=O)O)CN([C@@H](C)c2ccc(F)cc2)C1=O. The Balaban J connectivity index is 1.95. The lowest BCUT2D eigenvalue weighted by atomic mass is 9.95. The van der Waals surface area contributed by atoms with Crippen molar-refractivity contribution >= 4 is 23.5 Å². The number of ether oxygens (including phenoxy) is 2. The minimum Gasteiger partial charge on any atom is -0.499 e. The summed E-state index contributed by atoms with van der Waals surface area (Å²) >= 11 is 0. The number of carbonyl (C=O) groups excluding carboxylic acids is 1. The van der Waals surface area contributed by atoms with E-state index in [0.29, 0.717) is 22.6 Å². The number of aliphatic hydroxyl groups excluding tert-OH is 1. The number of imidazole rings is 1. The number of hydrogen-bond acceptors (Lipinski definition) is 7. The highest BCUT2D eigenvalue weighted by molar-refractivity contribution is 5.95. The van der Waals surface area contributed by atoms with E-state index in [0.717, 1.165) is 5.69 Å². The summed E-state index contributed by atoms with van der Waals surface area (Å²) < 4.78 is 26.3. The van der Waals surface area contributed by atoms with E-state index < -0.39 is 42.1 Å². The highest BCUT2D eigenvalue weighted by Gasteiger charge is 2.40. The second-order valence-electron chi connectivity index (χ2n) is 9.83. The fourth-order valence-corrected chi connectivity index (χ4v) is 4.46. The number of carbonyl (C=O) groups is 3. The van der Waals surface area contributed by atoms with Crippen LogP contribution in [0.5, 0.6) is 0 Å². The molecule has 3 N–H and O–H groups in total. The van der Waals surface area contributed by atoms with Crippen LogP contribution < -0.4 is 0 Å². The molecular weight excluding hydrogens is 549 g/mol. The van der Waals surface area contributed by atoms with Crippen LogP contribution in [0.2, 0.25) is 0 Å². The topological polar surface area (TPSA) is 151 Å². The van der Waals surface area contributed by atoms with E-state index in [-0.39, 0.29) is 24.4 Å². The van der Waals surface area contributed by atoms with Crippen LogP contribution in [0.25, 0.3) is 5.70 Å². The number of halogens is 1. The van der Waals surface area contributed by atoms with Crippen molar-refractivity contribution in [3.05, 3.63) is 95.6 Å². The third kappa shape index (κ3) is 7.80. The quantitative estimate of drug-likeness (QED) is 0.194. The van der Waals surface area contributed by atoms with E-state index in [1.807, 2.05) is 13.1 Å². The van der Waals surface area contributed by atoms with E-state index in [1.165, 1.54) is 42.4 Å². The van der Waals surface area contributed by atoms with Gasteiger partial charge in [-0.05, 0) is 56.2 Å². The zero-order valence-corrected chi connectivity index (χ0v) is 23.7. The number of aromatic nitrogens is 2. The van der Waals surface area contributed by atoms with Crippen LogP contribution in [0.1, 0.15) is 37.6 Å². The zero-order chi connectivity index (χ0) is 31.1. The van der Waals surface area contributed by atoms with Crippen LogP contribution >= 0.6 is 0 Å². The lowest BCUT2D eigenvalue weighted by Gasteiger charge is -2.39. The Bertz CT molecular complexity index is 1430. The number of rotatable bonds is 12. The number of hydrogen-bond donors (Lipinski definition) is 3. The molecule has 1 aromatic heterocycles. The predicted molar refractivity (Wildman–Crippen MR) is 150 cm³/mol. The van der Waals surface area contributed by atoms with Gasteiger partial charge >= 0.3 is 11.9 Å². The number of piperidine rings is 1. The Labute approximate surface area is 242 Å². The Morgan fingerprint density at radius 3 is 2.40 bits per heavy atom. The van der Waals surface area contributed by atoms with Gasteiger partial charge in [-0.3, -0.25) is 4.79 Å². The van der Waals surface area contributed by atoms with E-state index in [4.69, 9.17) is 14.6 Å². The summed E-state index contributed by atoms with van der Waals surface area (Å²) in [5, 5.41) is 28.6. The smallest absolute Gasteiger partial charge is 0.336 e. The number of aliphatic carboxylic acids is 2. The van der Waals surface area contributed by atoms with Crippen molar-refractivity contribution in [1.82, 2.24) is 14.5 Å². The van der Waals surface area contributed by atoms with Crippen molar-refractivity contribution in [2.24, 2.45) is 0 Å². The molecule has 1 unspecified atom stereocenters. The normalized spacial score (nSPS) is 19.4. The van der Waals surface area contributed by atoms with Gasteiger partial charge < -0.3 is 34.3 Å². The van der Waals surface area contributed by atoms with Gasteiger partial charge in [-0.15, -0.1) is 0 Å². The van der Waals surface area contributed by atoms with Crippen LogP contribution in [0.4, 0.5) is 4.39 Å². The first-order valence-corrected chi connectivity index (χ1v) is 13.0. The van der Waals surface area contributed by atoms with Gasteiger partial charge in [-0.1, -0.05) is 24.8 Å². The molecule has 1 fully saturated rings. The van der Waals surface area contributed by atoms with Gasteiger partial charge in [-0.2, -0.15) is 0 Å². The van der Waals surface area contributed by atoms with Gasteiger partial charge in [0.05, 0.1) is 37.0 Å². The fraction of sp³-hybridized carbons (Fsp3) is 0.333. The number of benzene rings is 1. The standard InChI is InChI=1S/C30H34FN3O8/c1-17(6-11-25(20(4)41-5)33-14-18(2)32-16-33)12-22-13-24(42-27(30(39)40)26(35)29(37)38)15-34(28(22)36)19(3)21-7-9-23(31)10-8-21/h6-12,14,16,19,24,26-27,35H,1,13,15H2,2-5H3,(H,37,38)(H,39,40)/b11-6-,22-12+,25-20-/t19-,24?,26+,27+/m0/s1. The highest BCUT2D eigenvalue weighted by atomic mass is 19.1. The third-order valence-corrected chi connectivity index (χ3v) is 6.80. The van der Waals surface area contributed by atoms with Crippen LogP contribution in [-0.2, 0) is 23.9 Å². The molecule has 0 aliphatic carbocycles. The van der Waals surface area contributed by atoms with Gasteiger partial charge in [0.25, 0.3) is 0 Å². The summed E-state index contributed by atoms with van der Waals surface area (Å²) in [5.41, 5.74) is 2.73. The van der Waals surface area contributed by atoms with Gasteiger partial charge in [0, 0.05) is 24.7 Å². The molecule has 1 aliphatic rings. The number of aliphatic hydroxyl groups is 1. The molecule has 1 aliphatic heterocycles. The average Bonchev–Trinajstić information content (AvgIpc) is 3.38. The maximum absolute atomic E-state index is 13.6. The Kier molecular flexibility index (Phi) is 10.6. The van der Waals surface area contributed by atoms with Crippen LogP contribution in [0, 0.1) is 12.7 Å². The Morgan fingerprint density at radius 2 is 1.86 bits per heavy atom. The molecule has 0 bridgehead atoms. The largest absolute Gasteiger partial charge is 0.499 e. The summed E-state index contributed by atoms with van der Waals surface area (Å²) in [6, 6.07) is 5.00.